The number of hydrogen-bond acceptors (Lipinski definition) is 4. The van der Waals surface area contributed by atoms with Gasteiger partial charge in [0.05, 0.1) is 9.79 Å². The molecule has 17 heavy (non-hydrogen) atoms. The lowest BCUT2D eigenvalue weighted by molar-refractivity contribution is -0.116. The summed E-state index contributed by atoms with van der Waals surface area (Å²) >= 11 is 1.04. The van der Waals surface area contributed by atoms with Gasteiger partial charge in [0.2, 0.25) is 0 Å². The molecule has 0 atom stereocenters. The molecule has 94 valence electrons. The molecule has 0 unspecified atom stereocenters. The van der Waals surface area contributed by atoms with E-state index in [0.29, 0.717) is 5.56 Å². The Bertz CT molecular complexity index is 550. The van der Waals surface area contributed by atoms with Crippen molar-refractivity contribution >= 4 is 27.4 Å². The monoisotopic (exact) mass is 276 g/mol. The molecule has 0 aliphatic carbocycles. The minimum Gasteiger partial charge on any atom is -0.300 e. The van der Waals surface area contributed by atoms with Crippen LogP contribution in [0.25, 0.3) is 0 Å². The Morgan fingerprint density at radius 1 is 1.41 bits per heavy atom. The first-order chi connectivity index (χ1) is 7.75. The summed E-state index contributed by atoms with van der Waals surface area (Å²) in [4.78, 5) is 11.0. The van der Waals surface area contributed by atoms with E-state index in [1.54, 1.807) is 6.26 Å². The zero-order chi connectivity index (χ0) is 13.2. The van der Waals surface area contributed by atoms with Gasteiger partial charge < -0.3 is 0 Å². The van der Waals surface area contributed by atoms with Crippen molar-refractivity contribution in [1.82, 2.24) is 0 Å². The molecule has 0 amide bonds. The van der Waals surface area contributed by atoms with Crippen LogP contribution in [0.15, 0.2) is 21.9 Å². The Hall–Kier alpha value is -0.880. The SMILES string of the molecule is CSc1c(F)cc(CC(C)=O)cc1S(C)(=O)=O. The number of benzene rings is 1. The Kier molecular flexibility index (Phi) is 4.32. The second kappa shape index (κ2) is 5.18. The van der Waals surface area contributed by atoms with Gasteiger partial charge in [-0.1, -0.05) is 0 Å². The van der Waals surface area contributed by atoms with Crippen LogP contribution in [0.4, 0.5) is 4.39 Å². The lowest BCUT2D eigenvalue weighted by Crippen LogP contribution is -2.05. The predicted molar refractivity (Wildman–Crippen MR) is 65.7 cm³/mol. The predicted octanol–water partition coefficient (Wildman–Crippen LogP) is 2.08. The van der Waals surface area contributed by atoms with Crippen LogP contribution in [0.1, 0.15) is 12.5 Å². The van der Waals surface area contributed by atoms with Crippen LogP contribution in [-0.4, -0.2) is 26.7 Å². The van der Waals surface area contributed by atoms with Crippen molar-refractivity contribution in [3.63, 3.8) is 0 Å². The maximum Gasteiger partial charge on any atom is 0.176 e. The first-order valence-electron chi connectivity index (χ1n) is 4.81. The van der Waals surface area contributed by atoms with Gasteiger partial charge in [-0.05, 0) is 30.9 Å². The summed E-state index contributed by atoms with van der Waals surface area (Å²) < 4.78 is 36.8. The van der Waals surface area contributed by atoms with Gasteiger partial charge in [0.25, 0.3) is 0 Å². The van der Waals surface area contributed by atoms with Crippen LogP contribution in [0, 0.1) is 5.82 Å². The fraction of sp³-hybridized carbons (Fsp3) is 0.364. The molecule has 0 aromatic heterocycles. The van der Waals surface area contributed by atoms with Crippen molar-refractivity contribution in [2.75, 3.05) is 12.5 Å². The molecule has 0 saturated carbocycles. The van der Waals surface area contributed by atoms with Crippen LogP contribution in [-0.2, 0) is 21.1 Å². The Morgan fingerprint density at radius 2 is 2.00 bits per heavy atom. The van der Waals surface area contributed by atoms with E-state index in [0.717, 1.165) is 18.0 Å². The van der Waals surface area contributed by atoms with Crippen LogP contribution < -0.4 is 0 Å². The molecule has 0 fully saturated rings. The van der Waals surface area contributed by atoms with Gasteiger partial charge in [-0.25, -0.2) is 12.8 Å². The molecule has 0 spiro atoms. The molecule has 1 aromatic carbocycles. The third-order valence-electron chi connectivity index (χ3n) is 2.13. The number of Topliss-reactive ketones (excluding diaryl/α,β-unsaturated/α-hetero) is 1. The van der Waals surface area contributed by atoms with E-state index < -0.39 is 15.7 Å². The van der Waals surface area contributed by atoms with Crippen LogP contribution in [0.3, 0.4) is 0 Å². The molecule has 1 rings (SSSR count). The van der Waals surface area contributed by atoms with Gasteiger partial charge in [0.1, 0.15) is 11.6 Å². The molecule has 0 heterocycles. The van der Waals surface area contributed by atoms with Gasteiger partial charge in [-0.15, -0.1) is 11.8 Å². The zero-order valence-corrected chi connectivity index (χ0v) is 11.4. The number of thioether (sulfide) groups is 1. The Labute approximate surface area is 104 Å². The number of ketones is 1. The van der Waals surface area contributed by atoms with Crippen LogP contribution >= 0.6 is 11.8 Å². The average Bonchev–Trinajstić information content (AvgIpc) is 2.14. The van der Waals surface area contributed by atoms with Gasteiger partial charge in [-0.2, -0.15) is 0 Å². The molecule has 0 aliphatic rings. The first-order valence-corrected chi connectivity index (χ1v) is 7.93. The minimum absolute atomic E-state index is 0.0358. The van der Waals surface area contributed by atoms with Crippen LogP contribution in [0.2, 0.25) is 0 Å². The second-order valence-electron chi connectivity index (χ2n) is 3.76. The summed E-state index contributed by atoms with van der Waals surface area (Å²) in [7, 11) is -3.50. The van der Waals surface area contributed by atoms with Crippen molar-refractivity contribution in [1.29, 1.82) is 0 Å². The maximum absolute atomic E-state index is 13.7. The summed E-state index contributed by atoms with van der Waals surface area (Å²) in [5, 5.41) is 0. The van der Waals surface area contributed by atoms with E-state index in [4.69, 9.17) is 0 Å². The summed E-state index contributed by atoms with van der Waals surface area (Å²) in [5.74, 6) is -0.738. The molecule has 3 nitrogen and oxygen atoms in total. The highest BCUT2D eigenvalue weighted by Gasteiger charge is 2.18. The topological polar surface area (TPSA) is 51.2 Å². The molecule has 0 radical (unpaired) electrons. The lowest BCUT2D eigenvalue weighted by Gasteiger charge is -2.09. The van der Waals surface area contributed by atoms with E-state index >= 15 is 0 Å². The van der Waals surface area contributed by atoms with Crippen molar-refractivity contribution in [2.45, 2.75) is 23.1 Å². The Morgan fingerprint density at radius 3 is 2.41 bits per heavy atom. The molecule has 0 bridgehead atoms. The second-order valence-corrected chi connectivity index (χ2v) is 6.56. The number of halogens is 1. The minimum atomic E-state index is -3.50. The number of hydrogen-bond donors (Lipinski definition) is 0. The van der Waals surface area contributed by atoms with Crippen molar-refractivity contribution in [2.24, 2.45) is 0 Å². The summed E-state index contributed by atoms with van der Waals surface area (Å²) in [5.41, 5.74) is 0.383. The van der Waals surface area contributed by atoms with E-state index in [9.17, 15) is 17.6 Å². The molecule has 6 heteroatoms. The lowest BCUT2D eigenvalue weighted by atomic mass is 10.1. The number of rotatable bonds is 4. The van der Waals surface area contributed by atoms with Gasteiger partial charge >= 0.3 is 0 Å². The number of carbonyl (C=O) groups is 1. The fourth-order valence-corrected chi connectivity index (χ4v) is 3.50. The normalized spacial score (nSPS) is 11.5. The third-order valence-corrected chi connectivity index (χ3v) is 4.20. The average molecular weight is 276 g/mol. The van der Waals surface area contributed by atoms with Crippen LogP contribution in [0.5, 0.6) is 0 Å². The number of carbonyl (C=O) groups excluding carboxylic acids is 1. The highest BCUT2D eigenvalue weighted by Crippen LogP contribution is 2.29. The number of sulfone groups is 1. The summed E-state index contributed by atoms with van der Waals surface area (Å²) in [6.45, 7) is 1.38. The molecule has 1 aromatic rings. The summed E-state index contributed by atoms with van der Waals surface area (Å²) in [6, 6.07) is 2.58. The standard InChI is InChI=1S/C11H13FO3S2/c1-7(13)4-8-5-9(12)11(16-2)10(6-8)17(3,14)15/h5-6H,4H2,1-3H3. The van der Waals surface area contributed by atoms with Crippen molar-refractivity contribution in [3.8, 4) is 0 Å². The van der Waals surface area contributed by atoms with Gasteiger partial charge in [0, 0.05) is 12.7 Å². The molecular weight excluding hydrogens is 263 g/mol. The zero-order valence-electron chi connectivity index (χ0n) is 9.78. The van der Waals surface area contributed by atoms with E-state index in [1.807, 2.05) is 0 Å². The van der Waals surface area contributed by atoms with Crippen molar-refractivity contribution in [3.05, 3.63) is 23.5 Å². The highest BCUT2D eigenvalue weighted by molar-refractivity contribution is 7.99. The van der Waals surface area contributed by atoms with Gasteiger partial charge in [-0.3, -0.25) is 4.79 Å². The first kappa shape index (κ1) is 14.2. The van der Waals surface area contributed by atoms with E-state index in [1.165, 1.54) is 19.1 Å². The van der Waals surface area contributed by atoms with Crippen molar-refractivity contribution < 1.29 is 17.6 Å². The van der Waals surface area contributed by atoms with E-state index in [-0.39, 0.29) is 22.0 Å². The summed E-state index contributed by atoms with van der Waals surface area (Å²) in [6.07, 6.45) is 2.67. The quantitative estimate of drug-likeness (QED) is 0.790. The maximum atomic E-state index is 13.7. The fourth-order valence-electron chi connectivity index (χ4n) is 1.48. The largest absolute Gasteiger partial charge is 0.300 e. The molecule has 0 saturated heterocycles. The van der Waals surface area contributed by atoms with Gasteiger partial charge in [0.15, 0.2) is 9.84 Å². The third kappa shape index (κ3) is 3.54. The highest BCUT2D eigenvalue weighted by atomic mass is 32.2. The Balaban J connectivity index is 3.44. The molecule has 0 aliphatic heterocycles. The molecule has 0 N–H and O–H groups in total. The smallest absolute Gasteiger partial charge is 0.176 e. The molecular formula is C11H13FO3S2. The van der Waals surface area contributed by atoms with E-state index in [2.05, 4.69) is 0 Å².